The lowest BCUT2D eigenvalue weighted by Gasteiger charge is -2.29. The molecule has 3 aliphatic rings. The second kappa shape index (κ2) is 5.83. The van der Waals surface area contributed by atoms with Crippen molar-refractivity contribution in [2.45, 2.75) is 31.0 Å². The Labute approximate surface area is 127 Å². The van der Waals surface area contributed by atoms with Gasteiger partial charge in [0, 0.05) is 25.6 Å². The first-order valence-corrected chi connectivity index (χ1v) is 8.41. The molecule has 0 spiro atoms. The number of hydrogen-bond donors (Lipinski definition) is 3. The minimum Gasteiger partial charge on any atom is -0.351 e. The Kier molecular flexibility index (Phi) is 4.18. The molecule has 3 heterocycles. The van der Waals surface area contributed by atoms with Gasteiger partial charge in [0.05, 0.1) is 12.7 Å². The van der Waals surface area contributed by atoms with E-state index in [-0.39, 0.29) is 37.4 Å². The first-order valence-electron chi connectivity index (χ1n) is 7.05. The molecule has 3 N–H and O–H groups in total. The number of hydroxylamine groups is 2. The first-order chi connectivity index (χ1) is 10.3. The zero-order chi connectivity index (χ0) is 15.9. The molecular weight excluding hydrogens is 316 g/mol. The summed E-state index contributed by atoms with van der Waals surface area (Å²) in [6.45, 7) is 1.72. The Morgan fingerprint density at radius 2 is 2.23 bits per heavy atom. The molecule has 0 saturated carbocycles. The van der Waals surface area contributed by atoms with Crippen molar-refractivity contribution in [3.63, 3.8) is 0 Å². The van der Waals surface area contributed by atoms with Crippen molar-refractivity contribution in [3.05, 3.63) is 0 Å². The van der Waals surface area contributed by atoms with Gasteiger partial charge in [-0.2, -0.15) is 12.7 Å². The van der Waals surface area contributed by atoms with Crippen LogP contribution in [0.3, 0.4) is 0 Å². The van der Waals surface area contributed by atoms with Crippen LogP contribution in [0, 0.1) is 0 Å². The van der Waals surface area contributed by atoms with Crippen LogP contribution in [0.15, 0.2) is 0 Å². The fraction of sp³-hybridized carbons (Fsp3) is 0.818. The summed E-state index contributed by atoms with van der Waals surface area (Å²) >= 11 is 0. The number of hydrogen-bond acceptors (Lipinski definition) is 8. The third kappa shape index (κ3) is 3.29. The van der Waals surface area contributed by atoms with Gasteiger partial charge in [0.1, 0.15) is 6.04 Å². The molecule has 124 valence electrons. The van der Waals surface area contributed by atoms with Crippen LogP contribution in [0.2, 0.25) is 0 Å². The molecule has 22 heavy (non-hydrogen) atoms. The molecule has 0 aromatic rings. The highest BCUT2D eigenvalue weighted by atomic mass is 32.3. The van der Waals surface area contributed by atoms with Gasteiger partial charge in [0.2, 0.25) is 5.91 Å². The molecule has 3 fully saturated rings. The van der Waals surface area contributed by atoms with Crippen molar-refractivity contribution in [3.8, 4) is 0 Å². The molecule has 0 aromatic heterocycles. The van der Waals surface area contributed by atoms with Crippen molar-refractivity contribution >= 4 is 22.1 Å². The molecule has 3 unspecified atom stereocenters. The molecule has 1 amide bonds. The Morgan fingerprint density at radius 1 is 1.45 bits per heavy atom. The second-order valence-electron chi connectivity index (χ2n) is 5.73. The Balaban J connectivity index is 1.66. The van der Waals surface area contributed by atoms with Crippen molar-refractivity contribution in [2.24, 2.45) is 0 Å². The fourth-order valence-electron chi connectivity index (χ4n) is 3.12. The minimum absolute atomic E-state index is 0.00197. The number of piperidine rings is 1. The summed E-state index contributed by atoms with van der Waals surface area (Å²) in [5.74, 6) is -0.517. The van der Waals surface area contributed by atoms with E-state index in [2.05, 4.69) is 14.9 Å². The molecule has 10 nitrogen and oxygen atoms in total. The second-order valence-corrected chi connectivity index (χ2v) is 6.74. The lowest BCUT2D eigenvalue weighted by molar-refractivity contribution is -0.137. The highest BCUT2D eigenvalue weighted by Crippen LogP contribution is 2.27. The number of carbonyl (C=O) groups excluding carboxylic acids is 2. The molecule has 0 aliphatic carbocycles. The van der Waals surface area contributed by atoms with Gasteiger partial charge in [-0.25, -0.2) is 0 Å². The van der Waals surface area contributed by atoms with E-state index in [0.29, 0.717) is 6.54 Å². The van der Waals surface area contributed by atoms with Crippen LogP contribution in [-0.4, -0.2) is 79.1 Å². The Bertz CT molecular complexity index is 575. The van der Waals surface area contributed by atoms with Crippen LogP contribution >= 0.6 is 0 Å². The number of ketones is 1. The van der Waals surface area contributed by atoms with Crippen LogP contribution in [0.5, 0.6) is 0 Å². The fourth-order valence-corrected chi connectivity index (χ4v) is 3.52. The van der Waals surface area contributed by atoms with Crippen LogP contribution in [0.25, 0.3) is 0 Å². The number of nitrogens with one attached hydrogen (secondary N) is 2. The lowest BCUT2D eigenvalue weighted by Crippen LogP contribution is -2.53. The van der Waals surface area contributed by atoms with Gasteiger partial charge in [-0.05, 0) is 13.0 Å². The molecule has 3 aliphatic heterocycles. The highest BCUT2D eigenvalue weighted by molar-refractivity contribution is 7.80. The molecule has 0 radical (unpaired) electrons. The largest absolute Gasteiger partial charge is 0.413 e. The van der Waals surface area contributed by atoms with Gasteiger partial charge in [0.25, 0.3) is 0 Å². The molecular formula is C11H18N4O6S. The average molecular weight is 334 g/mol. The van der Waals surface area contributed by atoms with E-state index in [1.807, 2.05) is 0 Å². The molecule has 3 saturated heterocycles. The van der Waals surface area contributed by atoms with E-state index in [4.69, 9.17) is 4.55 Å². The number of amides is 1. The standard InChI is InChI=1S/C11H18N4O6S/c16-10-3-8(11(17)13-7-1-2-12-4-7)14-5-9(10)15(6-14)21-22(18,19)20/h7-9,12H,1-6H2,(H,13,17)(H,18,19,20)/t7-,8?,9?/m1/s1. The SMILES string of the molecule is O=C(N[C@@H]1CCNC1)C1CC(=O)C2CN1CN2OS(=O)(=O)O. The van der Waals surface area contributed by atoms with E-state index in [9.17, 15) is 18.0 Å². The maximum absolute atomic E-state index is 12.3. The van der Waals surface area contributed by atoms with Crippen molar-refractivity contribution < 1.29 is 26.8 Å². The Hall–Kier alpha value is -1.11. The van der Waals surface area contributed by atoms with E-state index in [1.165, 1.54) is 0 Å². The molecule has 0 aromatic carbocycles. The molecule has 3 rings (SSSR count). The number of carbonyl (C=O) groups is 2. The number of nitrogens with zero attached hydrogens (tertiary/aromatic N) is 2. The number of rotatable bonds is 4. The summed E-state index contributed by atoms with van der Waals surface area (Å²) in [5, 5.41) is 6.94. The maximum Gasteiger partial charge on any atom is 0.413 e. The predicted molar refractivity (Wildman–Crippen MR) is 72.7 cm³/mol. The first kappa shape index (κ1) is 15.8. The Morgan fingerprint density at radius 3 is 2.86 bits per heavy atom. The van der Waals surface area contributed by atoms with Gasteiger partial charge in [-0.3, -0.25) is 19.0 Å². The van der Waals surface area contributed by atoms with Crippen molar-refractivity contribution in [2.75, 3.05) is 26.3 Å². The lowest BCUT2D eigenvalue weighted by atomic mass is 9.98. The summed E-state index contributed by atoms with van der Waals surface area (Å²) in [6, 6.07) is -1.37. The summed E-state index contributed by atoms with van der Waals surface area (Å²) in [6.07, 6.45) is 0.842. The summed E-state index contributed by atoms with van der Waals surface area (Å²) in [4.78, 5) is 26.1. The van der Waals surface area contributed by atoms with Gasteiger partial charge in [0.15, 0.2) is 5.78 Å². The highest BCUT2D eigenvalue weighted by Gasteiger charge is 2.48. The van der Waals surface area contributed by atoms with E-state index < -0.39 is 22.5 Å². The topological polar surface area (TPSA) is 128 Å². The summed E-state index contributed by atoms with van der Waals surface area (Å²) < 4.78 is 34.7. The van der Waals surface area contributed by atoms with Crippen LogP contribution in [0.1, 0.15) is 12.8 Å². The van der Waals surface area contributed by atoms with Gasteiger partial charge in [-0.1, -0.05) is 0 Å². The zero-order valence-corrected chi connectivity index (χ0v) is 12.6. The maximum atomic E-state index is 12.3. The normalized spacial score (nSPS) is 35.8. The van der Waals surface area contributed by atoms with Crippen LogP contribution < -0.4 is 10.6 Å². The number of Topliss-reactive ketones (excluding diaryl/α,β-unsaturated/α-hetero) is 1. The zero-order valence-electron chi connectivity index (χ0n) is 11.8. The third-order valence-corrected chi connectivity index (χ3v) is 4.56. The molecule has 4 atom stereocenters. The molecule has 2 bridgehead atoms. The van der Waals surface area contributed by atoms with Crippen LogP contribution in [-0.2, 0) is 24.3 Å². The van der Waals surface area contributed by atoms with Gasteiger partial charge >= 0.3 is 10.4 Å². The van der Waals surface area contributed by atoms with Gasteiger partial charge in [-0.15, -0.1) is 5.06 Å². The quantitative estimate of drug-likeness (QED) is 0.477. The third-order valence-electron chi connectivity index (χ3n) is 4.18. The van der Waals surface area contributed by atoms with E-state index >= 15 is 0 Å². The van der Waals surface area contributed by atoms with E-state index in [0.717, 1.165) is 18.0 Å². The monoisotopic (exact) mass is 334 g/mol. The summed E-state index contributed by atoms with van der Waals surface area (Å²) in [7, 11) is -4.69. The van der Waals surface area contributed by atoms with Crippen molar-refractivity contribution in [1.29, 1.82) is 0 Å². The molecule has 11 heteroatoms. The van der Waals surface area contributed by atoms with Crippen molar-refractivity contribution in [1.82, 2.24) is 20.6 Å². The van der Waals surface area contributed by atoms with Crippen LogP contribution in [0.4, 0.5) is 0 Å². The predicted octanol–water partition coefficient (Wildman–Crippen LogP) is -2.52. The summed E-state index contributed by atoms with van der Waals surface area (Å²) in [5.41, 5.74) is 0. The van der Waals surface area contributed by atoms with E-state index in [1.54, 1.807) is 4.90 Å². The number of fused-ring (bicyclic) bond motifs is 2. The smallest absolute Gasteiger partial charge is 0.351 e. The average Bonchev–Trinajstić information content (AvgIpc) is 3.01. The minimum atomic E-state index is -4.69. The van der Waals surface area contributed by atoms with Gasteiger partial charge < -0.3 is 10.6 Å².